The molecule has 0 rings (SSSR count). The van der Waals surface area contributed by atoms with Gasteiger partial charge in [0.15, 0.2) is 12.4 Å². The average molecular weight is 754 g/mol. The van der Waals surface area contributed by atoms with Crippen molar-refractivity contribution in [2.24, 2.45) is 0 Å². The first-order valence-electron chi connectivity index (χ1n) is 21.8. The molecule has 2 unspecified atom stereocenters. The fourth-order valence-corrected chi connectivity index (χ4v) is 6.05. The maximum absolute atomic E-state index is 12.7. The number of hydrogen-bond donors (Lipinski definition) is 0. The van der Waals surface area contributed by atoms with Crippen LogP contribution in [0.25, 0.3) is 0 Å². The van der Waals surface area contributed by atoms with Crippen molar-refractivity contribution in [2.45, 2.75) is 206 Å². The SMILES string of the molecule is CCCC/C=C\CCCCCCCC(=O)OC(COC(=O)CCCCCCCCCCCCCCCCCCC)COC(OCC[N+](C)(C)C)C(=O)[O-]. The van der Waals surface area contributed by atoms with Crippen molar-refractivity contribution in [2.75, 3.05) is 47.5 Å². The number of unbranched alkanes of at least 4 members (excludes halogenated alkanes) is 23. The minimum atomic E-state index is -1.62. The summed E-state index contributed by atoms with van der Waals surface area (Å²) in [7, 11) is 5.90. The Labute approximate surface area is 325 Å². The molecule has 0 aromatic rings. The number of likely N-dealkylation sites (N-methyl/N-ethyl adjacent to an activating group) is 1. The monoisotopic (exact) mass is 754 g/mol. The fourth-order valence-electron chi connectivity index (χ4n) is 6.05. The van der Waals surface area contributed by atoms with E-state index in [0.717, 1.165) is 57.8 Å². The second-order valence-electron chi connectivity index (χ2n) is 16.0. The second-order valence-corrected chi connectivity index (χ2v) is 16.0. The Morgan fingerprint density at radius 2 is 0.981 bits per heavy atom. The average Bonchev–Trinajstić information content (AvgIpc) is 3.11. The van der Waals surface area contributed by atoms with Gasteiger partial charge in [0.2, 0.25) is 0 Å². The smallest absolute Gasteiger partial charge is 0.306 e. The lowest BCUT2D eigenvalue weighted by atomic mass is 10.0. The molecule has 9 heteroatoms. The molecule has 53 heavy (non-hydrogen) atoms. The van der Waals surface area contributed by atoms with Gasteiger partial charge in [-0.1, -0.05) is 161 Å². The minimum Gasteiger partial charge on any atom is -0.545 e. The molecule has 0 aromatic carbocycles. The highest BCUT2D eigenvalue weighted by Crippen LogP contribution is 2.15. The Kier molecular flexibility index (Phi) is 35.6. The molecule has 312 valence electrons. The van der Waals surface area contributed by atoms with E-state index in [-0.39, 0.29) is 32.2 Å². The molecule has 0 bridgehead atoms. The first-order valence-corrected chi connectivity index (χ1v) is 21.8. The molecule has 2 atom stereocenters. The van der Waals surface area contributed by atoms with Crippen LogP contribution in [0.4, 0.5) is 0 Å². The highest BCUT2D eigenvalue weighted by molar-refractivity contribution is 5.70. The third-order valence-corrected chi connectivity index (χ3v) is 9.51. The third kappa shape index (κ3) is 38.1. The quantitative estimate of drug-likeness (QED) is 0.0200. The normalized spacial score (nSPS) is 13.0. The van der Waals surface area contributed by atoms with Gasteiger partial charge in [-0.2, -0.15) is 0 Å². The lowest BCUT2D eigenvalue weighted by molar-refractivity contribution is -0.870. The van der Waals surface area contributed by atoms with Gasteiger partial charge >= 0.3 is 11.9 Å². The topological polar surface area (TPSA) is 111 Å². The molecule has 0 aromatic heterocycles. The Morgan fingerprint density at radius 3 is 1.45 bits per heavy atom. The van der Waals surface area contributed by atoms with Crippen LogP contribution in [0.2, 0.25) is 0 Å². The number of carboxylic acid groups (broad SMARTS) is 1. The summed E-state index contributed by atoms with van der Waals surface area (Å²) in [4.78, 5) is 36.9. The lowest BCUT2D eigenvalue weighted by Gasteiger charge is -2.26. The van der Waals surface area contributed by atoms with Crippen molar-refractivity contribution in [3.05, 3.63) is 12.2 Å². The van der Waals surface area contributed by atoms with E-state index < -0.39 is 24.3 Å². The predicted octanol–water partition coefficient (Wildman–Crippen LogP) is 9.78. The number of nitrogens with zero attached hydrogens (tertiary/aromatic N) is 1. The maximum atomic E-state index is 12.7. The zero-order valence-corrected chi connectivity index (χ0v) is 35.2. The van der Waals surface area contributed by atoms with Crippen molar-refractivity contribution in [1.29, 1.82) is 0 Å². The molecule has 0 fully saturated rings. The summed E-state index contributed by atoms with van der Waals surface area (Å²) < 4.78 is 22.5. The van der Waals surface area contributed by atoms with E-state index in [1.165, 1.54) is 103 Å². The highest BCUT2D eigenvalue weighted by Gasteiger charge is 2.21. The summed E-state index contributed by atoms with van der Waals surface area (Å²) in [5, 5.41) is 11.7. The summed E-state index contributed by atoms with van der Waals surface area (Å²) in [5.41, 5.74) is 0. The van der Waals surface area contributed by atoms with Crippen LogP contribution in [0.15, 0.2) is 12.2 Å². The first-order chi connectivity index (χ1) is 25.6. The number of carboxylic acids is 1. The molecule has 0 aliphatic carbocycles. The summed E-state index contributed by atoms with van der Waals surface area (Å²) >= 11 is 0. The van der Waals surface area contributed by atoms with Crippen molar-refractivity contribution in [3.8, 4) is 0 Å². The number of carbonyl (C=O) groups excluding carboxylic acids is 3. The van der Waals surface area contributed by atoms with Gasteiger partial charge in [0.25, 0.3) is 0 Å². The van der Waals surface area contributed by atoms with E-state index in [1.807, 2.05) is 21.1 Å². The van der Waals surface area contributed by atoms with Crippen molar-refractivity contribution < 1.29 is 42.9 Å². The van der Waals surface area contributed by atoms with Crippen LogP contribution >= 0.6 is 0 Å². The van der Waals surface area contributed by atoms with E-state index in [1.54, 1.807) is 0 Å². The largest absolute Gasteiger partial charge is 0.545 e. The van der Waals surface area contributed by atoms with E-state index in [0.29, 0.717) is 23.9 Å². The van der Waals surface area contributed by atoms with Crippen LogP contribution in [0.1, 0.15) is 194 Å². The number of hydrogen-bond acceptors (Lipinski definition) is 8. The van der Waals surface area contributed by atoms with Crippen molar-refractivity contribution in [1.82, 2.24) is 0 Å². The minimum absolute atomic E-state index is 0.149. The van der Waals surface area contributed by atoms with Gasteiger partial charge in [-0.05, 0) is 32.1 Å². The number of ether oxygens (including phenoxy) is 4. The van der Waals surface area contributed by atoms with Gasteiger partial charge in [0, 0.05) is 12.8 Å². The second kappa shape index (κ2) is 37.0. The predicted molar refractivity (Wildman–Crippen MR) is 214 cm³/mol. The summed E-state index contributed by atoms with van der Waals surface area (Å²) in [6.07, 6.45) is 33.8. The number of allylic oxidation sites excluding steroid dienone is 2. The van der Waals surface area contributed by atoms with Crippen LogP contribution in [-0.4, -0.2) is 82.3 Å². The zero-order valence-electron chi connectivity index (χ0n) is 35.2. The number of aliphatic carboxylic acids is 1. The van der Waals surface area contributed by atoms with Crippen molar-refractivity contribution >= 4 is 17.9 Å². The molecule has 9 nitrogen and oxygen atoms in total. The molecule has 0 heterocycles. The lowest BCUT2D eigenvalue weighted by Crippen LogP contribution is -2.44. The van der Waals surface area contributed by atoms with Crippen LogP contribution in [0.5, 0.6) is 0 Å². The van der Waals surface area contributed by atoms with E-state index >= 15 is 0 Å². The molecule has 0 spiro atoms. The van der Waals surface area contributed by atoms with E-state index in [2.05, 4.69) is 26.0 Å². The molecule has 0 aliphatic rings. The van der Waals surface area contributed by atoms with Gasteiger partial charge < -0.3 is 33.3 Å². The van der Waals surface area contributed by atoms with Crippen LogP contribution in [0.3, 0.4) is 0 Å². The standard InChI is InChI=1S/C44H83NO8/c1-6-8-10-12-14-16-18-19-20-21-22-23-25-26-28-30-32-34-41(46)51-38-40(39-52-44(43(48)49)50-37-36-45(3,4)5)53-42(47)35-33-31-29-27-24-17-15-13-11-9-7-2/h13,15,40,44H,6-12,14,16-39H2,1-5H3/b15-13-. The molecule has 0 saturated carbocycles. The Bertz CT molecular complexity index is 887. The summed E-state index contributed by atoms with van der Waals surface area (Å²) in [5.74, 6) is -2.29. The fraction of sp³-hybridized carbons (Fsp3) is 0.886. The first kappa shape index (κ1) is 51.0. The van der Waals surface area contributed by atoms with E-state index in [4.69, 9.17) is 18.9 Å². The Hall–Kier alpha value is -1.97. The summed E-state index contributed by atoms with van der Waals surface area (Å²) in [6, 6.07) is 0. The highest BCUT2D eigenvalue weighted by atomic mass is 16.7. The Morgan fingerprint density at radius 1 is 0.547 bits per heavy atom. The van der Waals surface area contributed by atoms with Crippen LogP contribution in [-0.2, 0) is 33.3 Å². The van der Waals surface area contributed by atoms with Gasteiger partial charge in [-0.3, -0.25) is 9.59 Å². The van der Waals surface area contributed by atoms with Crippen LogP contribution in [0, 0.1) is 0 Å². The number of carbonyl (C=O) groups is 3. The third-order valence-electron chi connectivity index (χ3n) is 9.51. The summed E-state index contributed by atoms with van der Waals surface area (Å²) in [6.45, 7) is 4.70. The van der Waals surface area contributed by atoms with Gasteiger partial charge in [0.1, 0.15) is 13.2 Å². The van der Waals surface area contributed by atoms with Gasteiger partial charge in [0.05, 0.1) is 40.3 Å². The molecule has 0 aliphatic heterocycles. The number of rotatable bonds is 40. The zero-order chi connectivity index (χ0) is 39.3. The molecule has 0 amide bonds. The Balaban J connectivity index is 4.39. The molecule has 0 N–H and O–H groups in total. The number of esters is 2. The maximum Gasteiger partial charge on any atom is 0.306 e. The van der Waals surface area contributed by atoms with Crippen molar-refractivity contribution in [3.63, 3.8) is 0 Å². The molecular weight excluding hydrogens is 670 g/mol. The molecule has 0 radical (unpaired) electrons. The molecular formula is C44H83NO8. The molecule has 0 saturated heterocycles. The van der Waals surface area contributed by atoms with E-state index in [9.17, 15) is 19.5 Å². The number of quaternary nitrogens is 1. The van der Waals surface area contributed by atoms with Crippen LogP contribution < -0.4 is 5.11 Å². The van der Waals surface area contributed by atoms with Gasteiger partial charge in [-0.15, -0.1) is 0 Å². The van der Waals surface area contributed by atoms with Gasteiger partial charge in [-0.25, -0.2) is 0 Å².